The van der Waals surface area contributed by atoms with Gasteiger partial charge in [0.15, 0.2) is 0 Å². The summed E-state index contributed by atoms with van der Waals surface area (Å²) >= 11 is 5.95. The van der Waals surface area contributed by atoms with Crippen molar-refractivity contribution in [3.05, 3.63) is 23.2 Å². The Kier molecular flexibility index (Phi) is 4.90. The first-order valence-electron chi connectivity index (χ1n) is 6.69. The number of anilines is 1. The van der Waals surface area contributed by atoms with Crippen molar-refractivity contribution in [3.8, 4) is 0 Å². The molecular weight excluding hydrogens is 298 g/mol. The molecule has 0 spiro atoms. The van der Waals surface area contributed by atoms with E-state index in [4.69, 9.17) is 17.3 Å². The van der Waals surface area contributed by atoms with Crippen molar-refractivity contribution in [1.82, 2.24) is 9.62 Å². The summed E-state index contributed by atoms with van der Waals surface area (Å²) in [5.41, 5.74) is 6.02. The van der Waals surface area contributed by atoms with Crippen molar-refractivity contribution in [1.29, 1.82) is 0 Å². The van der Waals surface area contributed by atoms with Gasteiger partial charge in [-0.3, -0.25) is 0 Å². The van der Waals surface area contributed by atoms with Crippen LogP contribution in [0.4, 0.5) is 5.69 Å². The van der Waals surface area contributed by atoms with Crippen LogP contribution in [-0.2, 0) is 10.0 Å². The molecule has 1 aliphatic rings. The lowest BCUT2D eigenvalue weighted by Gasteiger charge is -2.14. The van der Waals surface area contributed by atoms with Gasteiger partial charge in [-0.2, -0.15) is 0 Å². The van der Waals surface area contributed by atoms with E-state index in [0.717, 1.165) is 26.1 Å². The number of hydrogen-bond donors (Lipinski definition) is 2. The highest BCUT2D eigenvalue weighted by molar-refractivity contribution is 7.89. The predicted molar refractivity (Wildman–Crippen MR) is 81.3 cm³/mol. The number of nitrogens with two attached hydrogens (primary N) is 1. The zero-order chi connectivity index (χ0) is 14.8. The summed E-state index contributed by atoms with van der Waals surface area (Å²) in [6.45, 7) is 5.54. The van der Waals surface area contributed by atoms with Gasteiger partial charge < -0.3 is 10.6 Å². The Morgan fingerprint density at radius 3 is 2.85 bits per heavy atom. The highest BCUT2D eigenvalue weighted by Crippen LogP contribution is 2.24. The molecule has 0 radical (unpaired) electrons. The molecule has 7 heteroatoms. The summed E-state index contributed by atoms with van der Waals surface area (Å²) in [5, 5.41) is 0.152. The topological polar surface area (TPSA) is 75.4 Å². The Morgan fingerprint density at radius 2 is 2.25 bits per heavy atom. The van der Waals surface area contributed by atoms with Gasteiger partial charge in [0, 0.05) is 18.8 Å². The van der Waals surface area contributed by atoms with Crippen LogP contribution in [0.5, 0.6) is 0 Å². The molecule has 0 aromatic heterocycles. The largest absolute Gasteiger partial charge is 0.399 e. The van der Waals surface area contributed by atoms with Crippen LogP contribution in [0.25, 0.3) is 0 Å². The normalized spacial score (nSPS) is 20.4. The standard InChI is InChI=1S/C13H20ClN3O2S/c1-2-17-6-5-10(9-17)8-16-20(18,19)13-4-3-11(15)7-12(13)14/h3-4,7,10,16H,2,5-6,8-9,15H2,1H3. The lowest BCUT2D eigenvalue weighted by Crippen LogP contribution is -2.31. The number of nitrogen functional groups attached to an aromatic ring is 1. The van der Waals surface area contributed by atoms with Crippen molar-refractivity contribution in [2.45, 2.75) is 18.2 Å². The van der Waals surface area contributed by atoms with Crippen molar-refractivity contribution in [2.75, 3.05) is 31.9 Å². The summed E-state index contributed by atoms with van der Waals surface area (Å²) in [7, 11) is -3.58. The molecule has 1 fully saturated rings. The minimum absolute atomic E-state index is 0.0821. The monoisotopic (exact) mass is 317 g/mol. The fourth-order valence-corrected chi connectivity index (χ4v) is 4.07. The second kappa shape index (κ2) is 6.30. The van der Waals surface area contributed by atoms with E-state index in [0.29, 0.717) is 18.2 Å². The molecule has 1 heterocycles. The van der Waals surface area contributed by atoms with Gasteiger partial charge in [0.2, 0.25) is 10.0 Å². The minimum Gasteiger partial charge on any atom is -0.399 e. The molecule has 1 aromatic carbocycles. The summed E-state index contributed by atoms with van der Waals surface area (Å²) in [6, 6.07) is 4.42. The Hall–Kier alpha value is -0.820. The average Bonchev–Trinajstić information content (AvgIpc) is 2.84. The van der Waals surface area contributed by atoms with E-state index in [1.54, 1.807) is 0 Å². The fourth-order valence-electron chi connectivity index (χ4n) is 2.41. The van der Waals surface area contributed by atoms with Gasteiger partial charge in [-0.05, 0) is 43.6 Å². The van der Waals surface area contributed by atoms with E-state index >= 15 is 0 Å². The van der Waals surface area contributed by atoms with Gasteiger partial charge in [0.25, 0.3) is 0 Å². The minimum atomic E-state index is -3.58. The first-order chi connectivity index (χ1) is 9.42. The molecule has 0 saturated carbocycles. The maximum atomic E-state index is 12.2. The van der Waals surface area contributed by atoms with E-state index in [1.165, 1.54) is 18.2 Å². The lowest BCUT2D eigenvalue weighted by molar-refractivity contribution is 0.342. The number of nitrogens with zero attached hydrogens (tertiary/aromatic N) is 1. The molecule has 1 aromatic rings. The first-order valence-corrected chi connectivity index (χ1v) is 8.55. The smallest absolute Gasteiger partial charge is 0.242 e. The fraction of sp³-hybridized carbons (Fsp3) is 0.538. The van der Waals surface area contributed by atoms with Crippen LogP contribution in [0.2, 0.25) is 5.02 Å². The number of rotatable bonds is 5. The number of likely N-dealkylation sites (tertiary alicyclic amines) is 1. The first kappa shape index (κ1) is 15.6. The van der Waals surface area contributed by atoms with Crippen LogP contribution in [0, 0.1) is 5.92 Å². The Balaban J connectivity index is 2.01. The average molecular weight is 318 g/mol. The summed E-state index contributed by atoms with van der Waals surface area (Å²) in [4.78, 5) is 2.40. The van der Waals surface area contributed by atoms with Crippen LogP contribution in [-0.4, -0.2) is 39.5 Å². The third kappa shape index (κ3) is 3.63. The molecular formula is C13H20ClN3O2S. The van der Waals surface area contributed by atoms with Gasteiger partial charge in [0.1, 0.15) is 4.90 Å². The zero-order valence-corrected chi connectivity index (χ0v) is 13.0. The second-order valence-corrected chi connectivity index (χ2v) is 7.23. The molecule has 0 bridgehead atoms. The van der Waals surface area contributed by atoms with Crippen molar-refractivity contribution >= 4 is 27.3 Å². The molecule has 20 heavy (non-hydrogen) atoms. The highest BCUT2D eigenvalue weighted by atomic mass is 35.5. The number of nitrogens with one attached hydrogen (secondary N) is 1. The molecule has 1 saturated heterocycles. The van der Waals surface area contributed by atoms with Crippen molar-refractivity contribution in [2.24, 2.45) is 5.92 Å². The SMILES string of the molecule is CCN1CCC(CNS(=O)(=O)c2ccc(N)cc2Cl)C1. The van der Waals surface area contributed by atoms with Crippen LogP contribution in [0.15, 0.2) is 23.1 Å². The Labute approximate surface area is 125 Å². The third-order valence-electron chi connectivity index (χ3n) is 3.62. The Bertz CT molecular complexity index is 577. The predicted octanol–water partition coefficient (Wildman–Crippen LogP) is 1.54. The van der Waals surface area contributed by atoms with E-state index in [9.17, 15) is 8.42 Å². The van der Waals surface area contributed by atoms with Gasteiger partial charge in [-0.1, -0.05) is 18.5 Å². The van der Waals surface area contributed by atoms with Crippen LogP contribution >= 0.6 is 11.6 Å². The van der Waals surface area contributed by atoms with Gasteiger partial charge >= 0.3 is 0 Å². The van der Waals surface area contributed by atoms with Gasteiger partial charge in [-0.15, -0.1) is 0 Å². The maximum absolute atomic E-state index is 12.2. The lowest BCUT2D eigenvalue weighted by atomic mass is 10.1. The number of benzene rings is 1. The molecule has 2 rings (SSSR count). The number of hydrogen-bond acceptors (Lipinski definition) is 4. The zero-order valence-electron chi connectivity index (χ0n) is 11.5. The summed E-state index contributed by atoms with van der Waals surface area (Å²) < 4.78 is 27.1. The van der Waals surface area contributed by atoms with E-state index in [2.05, 4.69) is 16.5 Å². The number of halogens is 1. The van der Waals surface area contributed by atoms with Crippen molar-refractivity contribution < 1.29 is 8.42 Å². The second-order valence-electron chi connectivity index (χ2n) is 5.09. The molecule has 1 atom stereocenters. The third-order valence-corrected chi connectivity index (χ3v) is 5.53. The molecule has 1 aliphatic heterocycles. The van der Waals surface area contributed by atoms with Gasteiger partial charge in [0.05, 0.1) is 5.02 Å². The van der Waals surface area contributed by atoms with E-state index < -0.39 is 10.0 Å². The van der Waals surface area contributed by atoms with Crippen LogP contribution in [0.3, 0.4) is 0 Å². The number of sulfonamides is 1. The summed E-state index contributed by atoms with van der Waals surface area (Å²) in [5.74, 6) is 0.359. The molecule has 1 unspecified atom stereocenters. The summed E-state index contributed by atoms with van der Waals surface area (Å²) in [6.07, 6.45) is 1.02. The Morgan fingerprint density at radius 1 is 1.50 bits per heavy atom. The van der Waals surface area contributed by atoms with E-state index in [1.807, 2.05) is 0 Å². The highest BCUT2D eigenvalue weighted by Gasteiger charge is 2.24. The van der Waals surface area contributed by atoms with Gasteiger partial charge in [-0.25, -0.2) is 13.1 Å². The molecule has 5 nitrogen and oxygen atoms in total. The van der Waals surface area contributed by atoms with Crippen molar-refractivity contribution in [3.63, 3.8) is 0 Å². The molecule has 0 amide bonds. The molecule has 0 aliphatic carbocycles. The van der Waals surface area contributed by atoms with Crippen LogP contribution in [0.1, 0.15) is 13.3 Å². The van der Waals surface area contributed by atoms with E-state index in [-0.39, 0.29) is 9.92 Å². The van der Waals surface area contributed by atoms with Crippen LogP contribution < -0.4 is 10.5 Å². The molecule has 112 valence electrons. The molecule has 3 N–H and O–H groups in total. The quantitative estimate of drug-likeness (QED) is 0.808. The maximum Gasteiger partial charge on any atom is 0.242 e.